The molecule has 4 nitrogen and oxygen atoms in total. The van der Waals surface area contributed by atoms with Crippen molar-refractivity contribution in [3.63, 3.8) is 0 Å². The van der Waals surface area contributed by atoms with Gasteiger partial charge in [-0.15, -0.1) is 0 Å². The molecule has 0 saturated carbocycles. The van der Waals surface area contributed by atoms with E-state index < -0.39 is 12.0 Å². The van der Waals surface area contributed by atoms with Crippen LogP contribution in [0.1, 0.15) is 28.3 Å². The van der Waals surface area contributed by atoms with Gasteiger partial charge in [-0.1, -0.05) is 48.5 Å². The van der Waals surface area contributed by atoms with Crippen LogP contribution in [-0.2, 0) is 17.6 Å². The van der Waals surface area contributed by atoms with Crippen molar-refractivity contribution in [2.75, 3.05) is 26.7 Å². The number of carboxylic acid groups (broad SMARTS) is 1. The van der Waals surface area contributed by atoms with Crippen molar-refractivity contribution in [3.8, 4) is 0 Å². The minimum absolute atomic E-state index is 0.144. The number of rotatable bonds is 2. The maximum Gasteiger partial charge on any atom is 0.322 e. The Kier molecular flexibility index (Phi) is 4.32. The van der Waals surface area contributed by atoms with E-state index in [-0.39, 0.29) is 6.04 Å². The Bertz CT molecular complexity index is 741. The monoisotopic (exact) mass is 336 g/mol. The van der Waals surface area contributed by atoms with E-state index in [1.165, 1.54) is 22.3 Å². The van der Waals surface area contributed by atoms with Gasteiger partial charge in [-0.3, -0.25) is 14.6 Å². The van der Waals surface area contributed by atoms with Gasteiger partial charge < -0.3 is 5.11 Å². The van der Waals surface area contributed by atoms with Crippen LogP contribution in [0.5, 0.6) is 0 Å². The van der Waals surface area contributed by atoms with Gasteiger partial charge in [0.15, 0.2) is 0 Å². The number of benzene rings is 2. The van der Waals surface area contributed by atoms with Crippen molar-refractivity contribution in [1.82, 2.24) is 9.80 Å². The lowest BCUT2D eigenvalue weighted by Gasteiger charge is -2.42. The van der Waals surface area contributed by atoms with E-state index in [0.717, 1.165) is 25.9 Å². The highest BCUT2D eigenvalue weighted by Crippen LogP contribution is 2.37. The second-order valence-electron chi connectivity index (χ2n) is 7.13. The topological polar surface area (TPSA) is 43.8 Å². The standard InChI is InChI=1S/C21H24N2O2/c1-22-12-13-23(14-19(22)21(24)25)20-17-8-4-2-6-15(17)10-11-16-7-3-5-9-18(16)20/h2-9,19-20H,10-14H2,1H3,(H,24,25)/t19-/m1/s1. The predicted octanol–water partition coefficient (Wildman–Crippen LogP) is 2.58. The summed E-state index contributed by atoms with van der Waals surface area (Å²) in [7, 11) is 1.91. The number of piperazine rings is 1. The average molecular weight is 336 g/mol. The molecule has 2 aromatic rings. The van der Waals surface area contributed by atoms with Crippen LogP contribution in [0.2, 0.25) is 0 Å². The Hall–Kier alpha value is -2.17. The van der Waals surface area contributed by atoms with Gasteiger partial charge in [0, 0.05) is 19.6 Å². The van der Waals surface area contributed by atoms with E-state index in [2.05, 4.69) is 53.4 Å². The van der Waals surface area contributed by atoms with Crippen molar-refractivity contribution in [2.45, 2.75) is 24.9 Å². The van der Waals surface area contributed by atoms with Gasteiger partial charge in [0.05, 0.1) is 6.04 Å². The number of fused-ring (bicyclic) bond motifs is 2. The van der Waals surface area contributed by atoms with Crippen LogP contribution in [0, 0.1) is 0 Å². The molecular formula is C21H24N2O2. The Morgan fingerprint density at radius 1 is 0.960 bits per heavy atom. The molecular weight excluding hydrogens is 312 g/mol. The van der Waals surface area contributed by atoms with Gasteiger partial charge in [0.25, 0.3) is 0 Å². The van der Waals surface area contributed by atoms with Gasteiger partial charge in [0.2, 0.25) is 0 Å². The van der Waals surface area contributed by atoms with Crippen LogP contribution in [0.15, 0.2) is 48.5 Å². The van der Waals surface area contributed by atoms with Crippen LogP contribution >= 0.6 is 0 Å². The Morgan fingerprint density at radius 3 is 2.08 bits per heavy atom. The summed E-state index contributed by atoms with van der Waals surface area (Å²) in [5.74, 6) is -0.734. The predicted molar refractivity (Wildman–Crippen MR) is 97.8 cm³/mol. The molecule has 1 fully saturated rings. The van der Waals surface area contributed by atoms with Crippen LogP contribution < -0.4 is 0 Å². The first-order valence-electron chi connectivity index (χ1n) is 8.98. The fourth-order valence-electron chi connectivity index (χ4n) is 4.28. The molecule has 1 saturated heterocycles. The second-order valence-corrected chi connectivity index (χ2v) is 7.13. The molecule has 2 aliphatic rings. The number of aryl methyl sites for hydroxylation is 2. The maximum absolute atomic E-state index is 11.7. The molecule has 2 aromatic carbocycles. The van der Waals surface area contributed by atoms with E-state index in [1.807, 2.05) is 11.9 Å². The number of hydrogen-bond acceptors (Lipinski definition) is 3. The molecule has 0 amide bonds. The lowest BCUT2D eigenvalue weighted by Crippen LogP contribution is -2.55. The number of nitrogens with zero attached hydrogens (tertiary/aromatic N) is 2. The molecule has 1 atom stereocenters. The van der Waals surface area contributed by atoms with Gasteiger partial charge in [-0.25, -0.2) is 0 Å². The summed E-state index contributed by atoms with van der Waals surface area (Å²) in [6.45, 7) is 2.21. The number of carbonyl (C=O) groups is 1. The SMILES string of the molecule is CN1CCN(C2c3ccccc3CCc3ccccc32)C[C@@H]1C(=O)O. The molecule has 0 spiro atoms. The van der Waals surface area contributed by atoms with E-state index in [1.54, 1.807) is 0 Å². The second kappa shape index (κ2) is 6.62. The molecule has 4 heteroatoms. The number of likely N-dealkylation sites (N-methyl/N-ethyl adjacent to an activating group) is 1. The smallest absolute Gasteiger partial charge is 0.322 e. The number of hydrogen-bond donors (Lipinski definition) is 1. The Morgan fingerprint density at radius 2 is 1.52 bits per heavy atom. The Labute approximate surface area is 148 Å². The van der Waals surface area contributed by atoms with Crippen molar-refractivity contribution in [3.05, 3.63) is 70.8 Å². The van der Waals surface area contributed by atoms with Gasteiger partial charge >= 0.3 is 5.97 Å². The molecule has 4 rings (SSSR count). The fourth-order valence-corrected chi connectivity index (χ4v) is 4.28. The summed E-state index contributed by atoms with van der Waals surface area (Å²) in [6, 6.07) is 17.0. The molecule has 0 unspecified atom stereocenters. The highest BCUT2D eigenvalue weighted by molar-refractivity contribution is 5.74. The zero-order valence-electron chi connectivity index (χ0n) is 14.6. The van der Waals surface area contributed by atoms with Crippen molar-refractivity contribution in [1.29, 1.82) is 0 Å². The molecule has 0 aromatic heterocycles. The molecule has 0 bridgehead atoms. The van der Waals surface area contributed by atoms with E-state index >= 15 is 0 Å². The lowest BCUT2D eigenvalue weighted by atomic mass is 9.92. The first-order valence-corrected chi connectivity index (χ1v) is 8.98. The van der Waals surface area contributed by atoms with Crippen LogP contribution in [-0.4, -0.2) is 53.6 Å². The van der Waals surface area contributed by atoms with Crippen molar-refractivity contribution >= 4 is 5.97 Å². The van der Waals surface area contributed by atoms with E-state index in [0.29, 0.717) is 6.54 Å². The van der Waals surface area contributed by atoms with Gasteiger partial charge in [0.1, 0.15) is 6.04 Å². The summed E-state index contributed by atoms with van der Waals surface area (Å²) >= 11 is 0. The van der Waals surface area contributed by atoms with Crippen molar-refractivity contribution < 1.29 is 9.90 Å². The zero-order valence-corrected chi connectivity index (χ0v) is 14.6. The van der Waals surface area contributed by atoms with Gasteiger partial charge in [-0.2, -0.15) is 0 Å². The highest BCUT2D eigenvalue weighted by Gasteiger charge is 2.36. The number of aliphatic carboxylic acids is 1. The third-order valence-corrected chi connectivity index (χ3v) is 5.69. The Balaban J connectivity index is 1.79. The molecule has 0 radical (unpaired) electrons. The third-order valence-electron chi connectivity index (χ3n) is 5.69. The number of carboxylic acids is 1. The van der Waals surface area contributed by atoms with Crippen LogP contribution in [0.25, 0.3) is 0 Å². The summed E-state index contributed by atoms with van der Waals surface area (Å²) in [4.78, 5) is 16.0. The third kappa shape index (κ3) is 2.96. The van der Waals surface area contributed by atoms with E-state index in [4.69, 9.17) is 0 Å². The summed E-state index contributed by atoms with van der Waals surface area (Å²) in [6.07, 6.45) is 2.08. The minimum Gasteiger partial charge on any atom is -0.480 e. The first kappa shape index (κ1) is 16.3. The molecule has 25 heavy (non-hydrogen) atoms. The van der Waals surface area contributed by atoms with Crippen molar-refractivity contribution in [2.24, 2.45) is 0 Å². The minimum atomic E-state index is -0.734. The molecule has 1 heterocycles. The van der Waals surface area contributed by atoms with Crippen LogP contribution in [0.3, 0.4) is 0 Å². The fraction of sp³-hybridized carbons (Fsp3) is 0.381. The highest BCUT2D eigenvalue weighted by atomic mass is 16.4. The molecule has 1 aliphatic heterocycles. The molecule has 130 valence electrons. The van der Waals surface area contributed by atoms with E-state index in [9.17, 15) is 9.90 Å². The lowest BCUT2D eigenvalue weighted by molar-refractivity contribution is -0.145. The normalized spacial score (nSPS) is 22.0. The van der Waals surface area contributed by atoms with Crippen LogP contribution in [0.4, 0.5) is 0 Å². The average Bonchev–Trinajstić information content (AvgIpc) is 2.79. The molecule has 1 N–H and O–H groups in total. The summed E-state index contributed by atoms with van der Waals surface area (Å²) in [5.41, 5.74) is 5.44. The maximum atomic E-state index is 11.7. The quantitative estimate of drug-likeness (QED) is 0.915. The first-order chi connectivity index (χ1) is 12.1. The summed E-state index contributed by atoms with van der Waals surface area (Å²) in [5, 5.41) is 9.60. The largest absolute Gasteiger partial charge is 0.480 e. The zero-order chi connectivity index (χ0) is 17.4. The molecule has 1 aliphatic carbocycles. The van der Waals surface area contributed by atoms with Gasteiger partial charge in [-0.05, 0) is 42.1 Å². The summed E-state index contributed by atoms with van der Waals surface area (Å²) < 4.78 is 0.